The van der Waals surface area contributed by atoms with Gasteiger partial charge < -0.3 is 9.15 Å². The number of fused-ring (bicyclic) bond motifs is 1. The van der Waals surface area contributed by atoms with Crippen LogP contribution in [0.5, 0.6) is 5.75 Å². The van der Waals surface area contributed by atoms with Gasteiger partial charge in [-0.2, -0.15) is 0 Å². The lowest BCUT2D eigenvalue weighted by molar-refractivity contribution is 0.174. The lowest BCUT2D eigenvalue weighted by atomic mass is 10.3. The van der Waals surface area contributed by atoms with Crippen LogP contribution >= 0.6 is 23.1 Å². The molecular formula is C18H14FN3O2S2. The lowest BCUT2D eigenvalue weighted by Crippen LogP contribution is -2.04. The first-order valence-corrected chi connectivity index (χ1v) is 9.71. The number of benzene rings is 2. The van der Waals surface area contributed by atoms with Crippen molar-refractivity contribution in [3.8, 4) is 5.75 Å². The fraction of sp³-hybridized carbons (Fsp3) is 0.167. The van der Waals surface area contributed by atoms with Crippen LogP contribution in [0.25, 0.3) is 10.2 Å². The van der Waals surface area contributed by atoms with Gasteiger partial charge in [-0.25, -0.2) is 9.37 Å². The number of hydrogen-bond acceptors (Lipinski definition) is 7. The van der Waals surface area contributed by atoms with E-state index in [1.807, 2.05) is 24.3 Å². The molecule has 0 amide bonds. The lowest BCUT2D eigenvalue weighted by Gasteiger charge is -2.11. The first kappa shape index (κ1) is 17.0. The number of hydrogen-bond donors (Lipinski definition) is 0. The molecule has 8 heteroatoms. The van der Waals surface area contributed by atoms with Gasteiger partial charge in [-0.15, -0.1) is 21.5 Å². The molecule has 2 heterocycles. The molecule has 1 atom stereocenters. The molecule has 0 radical (unpaired) electrons. The van der Waals surface area contributed by atoms with E-state index in [1.54, 1.807) is 36.5 Å². The van der Waals surface area contributed by atoms with E-state index in [1.165, 1.54) is 17.8 Å². The van der Waals surface area contributed by atoms with E-state index < -0.39 is 11.9 Å². The van der Waals surface area contributed by atoms with Gasteiger partial charge in [0.1, 0.15) is 5.01 Å². The third kappa shape index (κ3) is 3.71. The van der Waals surface area contributed by atoms with E-state index in [4.69, 9.17) is 9.15 Å². The van der Waals surface area contributed by atoms with Gasteiger partial charge in [0.05, 0.1) is 16.0 Å². The van der Waals surface area contributed by atoms with Gasteiger partial charge in [0.15, 0.2) is 17.7 Å². The summed E-state index contributed by atoms with van der Waals surface area (Å²) in [7, 11) is 0. The summed E-state index contributed by atoms with van der Waals surface area (Å²) in [6, 6.07) is 14.2. The van der Waals surface area contributed by atoms with Crippen LogP contribution in [0.1, 0.15) is 23.9 Å². The minimum atomic E-state index is -0.545. The van der Waals surface area contributed by atoms with E-state index >= 15 is 0 Å². The van der Waals surface area contributed by atoms with Crippen LogP contribution in [-0.2, 0) is 5.75 Å². The molecule has 0 N–H and O–H groups in total. The Morgan fingerprint density at radius 3 is 2.81 bits per heavy atom. The number of nitrogens with zero attached hydrogens (tertiary/aromatic N) is 3. The normalized spacial score (nSPS) is 12.4. The molecule has 0 aliphatic carbocycles. The van der Waals surface area contributed by atoms with Gasteiger partial charge in [-0.05, 0) is 31.2 Å². The Bertz CT molecular complexity index is 1000. The first-order chi connectivity index (χ1) is 12.7. The van der Waals surface area contributed by atoms with Gasteiger partial charge in [-0.1, -0.05) is 36.0 Å². The Balaban J connectivity index is 1.40. The Hall–Kier alpha value is -2.45. The monoisotopic (exact) mass is 387 g/mol. The van der Waals surface area contributed by atoms with Crippen molar-refractivity contribution < 1.29 is 13.5 Å². The summed E-state index contributed by atoms with van der Waals surface area (Å²) in [4.78, 5) is 4.58. The summed E-state index contributed by atoms with van der Waals surface area (Å²) in [5.41, 5.74) is 0.992. The van der Waals surface area contributed by atoms with Crippen molar-refractivity contribution in [1.82, 2.24) is 15.2 Å². The third-order valence-electron chi connectivity index (χ3n) is 3.57. The van der Waals surface area contributed by atoms with Crippen LogP contribution in [0, 0.1) is 5.82 Å². The van der Waals surface area contributed by atoms with Crippen LogP contribution in [0.3, 0.4) is 0 Å². The maximum atomic E-state index is 13.7. The zero-order valence-electron chi connectivity index (χ0n) is 13.8. The summed E-state index contributed by atoms with van der Waals surface area (Å²) in [6.45, 7) is 1.74. The zero-order valence-corrected chi connectivity index (χ0v) is 15.4. The number of para-hydroxylation sites is 2. The fourth-order valence-electron chi connectivity index (χ4n) is 2.33. The van der Waals surface area contributed by atoms with Crippen molar-refractivity contribution in [1.29, 1.82) is 0 Å². The maximum absolute atomic E-state index is 13.7. The second-order valence-electron chi connectivity index (χ2n) is 5.46. The quantitative estimate of drug-likeness (QED) is 0.421. The highest BCUT2D eigenvalue weighted by Gasteiger charge is 2.18. The molecule has 0 saturated carbocycles. The van der Waals surface area contributed by atoms with Crippen LogP contribution in [0.15, 0.2) is 58.2 Å². The van der Waals surface area contributed by atoms with Crippen molar-refractivity contribution in [2.75, 3.05) is 0 Å². The average Bonchev–Trinajstić information content (AvgIpc) is 3.28. The summed E-state index contributed by atoms with van der Waals surface area (Å²) in [5.74, 6) is 0.676. The molecule has 5 nitrogen and oxygen atoms in total. The molecule has 2 aromatic carbocycles. The number of halogens is 1. The van der Waals surface area contributed by atoms with Gasteiger partial charge in [0.25, 0.3) is 11.1 Å². The molecule has 0 aliphatic rings. The molecule has 0 aliphatic heterocycles. The number of rotatable bonds is 6. The van der Waals surface area contributed by atoms with E-state index in [0.29, 0.717) is 16.9 Å². The smallest absolute Gasteiger partial charge is 0.277 e. The molecule has 0 spiro atoms. The predicted octanol–water partition coefficient (Wildman–Crippen LogP) is 5.25. The second-order valence-corrected chi connectivity index (χ2v) is 7.50. The predicted molar refractivity (Wildman–Crippen MR) is 98.9 cm³/mol. The number of ether oxygens (including phenoxy) is 1. The standard InChI is InChI=1S/C18H14FN3O2S2/c1-11(23-14-8-4-2-6-12(14)19)17-21-22-18(24-17)25-10-16-20-13-7-3-5-9-15(13)26-16/h2-9,11H,10H2,1H3. The van der Waals surface area contributed by atoms with Crippen LogP contribution in [-0.4, -0.2) is 15.2 Å². The minimum Gasteiger partial charge on any atom is -0.478 e. The molecule has 2 aromatic heterocycles. The molecule has 0 saturated heterocycles. The number of thioether (sulfide) groups is 1. The van der Waals surface area contributed by atoms with Crippen molar-refractivity contribution in [2.45, 2.75) is 24.0 Å². The van der Waals surface area contributed by atoms with E-state index in [2.05, 4.69) is 15.2 Å². The van der Waals surface area contributed by atoms with Gasteiger partial charge >= 0.3 is 0 Å². The Morgan fingerprint density at radius 1 is 1.15 bits per heavy atom. The zero-order chi connectivity index (χ0) is 17.9. The molecule has 0 bridgehead atoms. The summed E-state index contributed by atoms with van der Waals surface area (Å²) >= 11 is 3.06. The number of aromatic nitrogens is 3. The third-order valence-corrected chi connectivity index (χ3v) is 5.62. The molecule has 132 valence electrons. The molecule has 0 fully saturated rings. The maximum Gasteiger partial charge on any atom is 0.277 e. The highest BCUT2D eigenvalue weighted by atomic mass is 32.2. The van der Waals surface area contributed by atoms with Crippen LogP contribution in [0.4, 0.5) is 4.39 Å². The summed E-state index contributed by atoms with van der Waals surface area (Å²) < 4.78 is 26.0. The van der Waals surface area contributed by atoms with E-state index in [9.17, 15) is 4.39 Å². The van der Waals surface area contributed by atoms with Gasteiger partial charge in [-0.3, -0.25) is 0 Å². The number of thiazole rings is 1. The van der Waals surface area contributed by atoms with Crippen LogP contribution < -0.4 is 4.74 Å². The van der Waals surface area contributed by atoms with E-state index in [-0.39, 0.29) is 5.75 Å². The van der Waals surface area contributed by atoms with E-state index in [0.717, 1.165) is 15.2 Å². The Morgan fingerprint density at radius 2 is 1.96 bits per heavy atom. The largest absolute Gasteiger partial charge is 0.478 e. The molecule has 26 heavy (non-hydrogen) atoms. The SMILES string of the molecule is CC(Oc1ccccc1F)c1nnc(SCc2nc3ccccc3s2)o1. The van der Waals surface area contributed by atoms with Gasteiger partial charge in [0, 0.05) is 0 Å². The molecule has 4 rings (SSSR count). The Labute approximate surface area is 157 Å². The molecule has 4 aromatic rings. The van der Waals surface area contributed by atoms with Gasteiger partial charge in [0.2, 0.25) is 0 Å². The topological polar surface area (TPSA) is 61.0 Å². The Kier molecular flexibility index (Phi) is 4.85. The average molecular weight is 387 g/mol. The van der Waals surface area contributed by atoms with Crippen molar-refractivity contribution in [3.05, 3.63) is 65.2 Å². The first-order valence-electron chi connectivity index (χ1n) is 7.91. The summed E-state index contributed by atoms with van der Waals surface area (Å²) in [5, 5.41) is 9.44. The minimum absolute atomic E-state index is 0.155. The highest BCUT2D eigenvalue weighted by molar-refractivity contribution is 7.98. The summed E-state index contributed by atoms with van der Waals surface area (Å²) in [6.07, 6.45) is -0.545. The highest BCUT2D eigenvalue weighted by Crippen LogP contribution is 2.29. The van der Waals surface area contributed by atoms with Crippen molar-refractivity contribution in [3.63, 3.8) is 0 Å². The fourth-order valence-corrected chi connectivity index (χ4v) is 4.06. The van der Waals surface area contributed by atoms with Crippen molar-refractivity contribution >= 4 is 33.3 Å². The van der Waals surface area contributed by atoms with Crippen molar-refractivity contribution in [2.24, 2.45) is 0 Å². The molecular weight excluding hydrogens is 373 g/mol. The second kappa shape index (κ2) is 7.43. The molecule has 1 unspecified atom stereocenters. The van der Waals surface area contributed by atoms with Crippen LogP contribution in [0.2, 0.25) is 0 Å².